The predicted octanol–water partition coefficient (Wildman–Crippen LogP) is 4.78. The minimum atomic E-state index is -0.507. The summed E-state index contributed by atoms with van der Waals surface area (Å²) in [6.45, 7) is 3.06. The normalized spacial score (nSPS) is 24.4. The number of ether oxygens (including phenoxy) is 2. The standard InChI is InChI=1S/C26H34N2O3/c1-19-7-3-4-8-24(19)27-14-13-20-15-21-11-12-22(16-20)28(21)17-23(29)18-31-26-10-6-5-9-25(26)30-2/h3-10,14,20-23,29H,11-13,15-18H2,1-2H3. The highest BCUT2D eigenvalue weighted by Gasteiger charge is 2.40. The predicted molar refractivity (Wildman–Crippen MR) is 125 cm³/mol. The monoisotopic (exact) mass is 422 g/mol. The van der Waals surface area contributed by atoms with Crippen LogP contribution in [0.2, 0.25) is 0 Å². The van der Waals surface area contributed by atoms with E-state index in [4.69, 9.17) is 14.5 Å². The van der Waals surface area contributed by atoms with Crippen molar-refractivity contribution >= 4 is 11.9 Å². The van der Waals surface area contributed by atoms with Crippen LogP contribution in [0.3, 0.4) is 0 Å². The van der Waals surface area contributed by atoms with Crippen molar-refractivity contribution in [3.8, 4) is 11.5 Å². The zero-order valence-corrected chi connectivity index (χ0v) is 18.6. The summed E-state index contributed by atoms with van der Waals surface area (Å²) >= 11 is 0. The van der Waals surface area contributed by atoms with Crippen molar-refractivity contribution in [1.29, 1.82) is 0 Å². The maximum absolute atomic E-state index is 10.6. The van der Waals surface area contributed by atoms with Crippen molar-refractivity contribution in [2.45, 2.75) is 57.2 Å². The molecule has 0 aliphatic carbocycles. The number of aryl methyl sites for hydroxylation is 1. The van der Waals surface area contributed by atoms with Gasteiger partial charge in [0, 0.05) is 24.8 Å². The van der Waals surface area contributed by atoms with Gasteiger partial charge in [-0.05, 0) is 68.7 Å². The van der Waals surface area contributed by atoms with E-state index in [1.165, 1.54) is 31.2 Å². The Bertz CT molecular complexity index is 870. The van der Waals surface area contributed by atoms with Gasteiger partial charge in [-0.1, -0.05) is 30.3 Å². The number of methoxy groups -OCH3 is 1. The summed E-state index contributed by atoms with van der Waals surface area (Å²) in [6.07, 6.45) is 7.48. The first kappa shape index (κ1) is 21.8. The van der Waals surface area contributed by atoms with Crippen LogP contribution in [-0.4, -0.2) is 54.7 Å². The zero-order chi connectivity index (χ0) is 21.6. The molecule has 2 fully saturated rings. The Kier molecular flexibility index (Phi) is 7.25. The van der Waals surface area contributed by atoms with Crippen LogP contribution in [0.4, 0.5) is 5.69 Å². The maximum atomic E-state index is 10.6. The van der Waals surface area contributed by atoms with E-state index in [2.05, 4.69) is 36.2 Å². The first-order valence-electron chi connectivity index (χ1n) is 11.4. The van der Waals surface area contributed by atoms with Crippen molar-refractivity contribution in [3.63, 3.8) is 0 Å². The highest BCUT2D eigenvalue weighted by Crippen LogP contribution is 2.39. The van der Waals surface area contributed by atoms with Gasteiger partial charge in [-0.25, -0.2) is 0 Å². The van der Waals surface area contributed by atoms with Crippen LogP contribution in [0.25, 0.3) is 0 Å². The molecule has 2 saturated heterocycles. The SMILES string of the molecule is COc1ccccc1OCC(O)CN1C2CCC1CC(CC=Nc1ccccc1C)C2. The van der Waals surface area contributed by atoms with Gasteiger partial charge in [0.25, 0.3) is 0 Å². The molecule has 5 heteroatoms. The van der Waals surface area contributed by atoms with Crippen molar-refractivity contribution in [2.24, 2.45) is 10.9 Å². The fourth-order valence-electron chi connectivity index (χ4n) is 5.11. The number of fused-ring (bicyclic) bond motifs is 2. The third kappa shape index (κ3) is 5.46. The summed E-state index contributed by atoms with van der Waals surface area (Å²) in [5.41, 5.74) is 2.29. The number of benzene rings is 2. The van der Waals surface area contributed by atoms with Gasteiger partial charge in [-0.3, -0.25) is 9.89 Å². The molecular formula is C26H34N2O3. The molecule has 1 N–H and O–H groups in total. The van der Waals surface area contributed by atoms with Crippen LogP contribution in [0.5, 0.6) is 11.5 Å². The Hall–Kier alpha value is -2.37. The molecule has 0 saturated carbocycles. The Morgan fingerprint density at radius 1 is 1.06 bits per heavy atom. The van der Waals surface area contributed by atoms with E-state index in [0.717, 1.165) is 12.1 Å². The van der Waals surface area contributed by atoms with Crippen LogP contribution in [0.1, 0.15) is 37.7 Å². The number of nitrogens with zero attached hydrogens (tertiary/aromatic N) is 2. The zero-order valence-electron chi connectivity index (χ0n) is 18.6. The van der Waals surface area contributed by atoms with E-state index in [1.807, 2.05) is 30.3 Å². The molecule has 2 heterocycles. The van der Waals surface area contributed by atoms with Crippen molar-refractivity contribution in [2.75, 3.05) is 20.3 Å². The van der Waals surface area contributed by atoms with Gasteiger partial charge >= 0.3 is 0 Å². The molecule has 31 heavy (non-hydrogen) atoms. The number of aliphatic hydroxyl groups excluding tert-OH is 1. The van der Waals surface area contributed by atoms with E-state index in [9.17, 15) is 5.11 Å². The van der Waals surface area contributed by atoms with Crippen LogP contribution in [-0.2, 0) is 0 Å². The van der Waals surface area contributed by atoms with E-state index in [-0.39, 0.29) is 6.61 Å². The van der Waals surface area contributed by atoms with E-state index in [0.29, 0.717) is 36.0 Å². The molecule has 3 unspecified atom stereocenters. The molecule has 2 aliphatic rings. The quantitative estimate of drug-likeness (QED) is 0.591. The molecule has 2 aromatic rings. The summed E-state index contributed by atoms with van der Waals surface area (Å²) in [7, 11) is 1.63. The molecule has 0 radical (unpaired) electrons. The third-order valence-electron chi connectivity index (χ3n) is 6.69. The molecule has 2 aliphatic heterocycles. The lowest BCUT2D eigenvalue weighted by Crippen LogP contribution is -2.47. The summed E-state index contributed by atoms with van der Waals surface area (Å²) in [6, 6.07) is 17.0. The average molecular weight is 423 g/mol. The average Bonchev–Trinajstić information content (AvgIpc) is 3.01. The van der Waals surface area contributed by atoms with E-state index < -0.39 is 6.10 Å². The fraction of sp³-hybridized carbons (Fsp3) is 0.500. The molecule has 0 spiro atoms. The molecule has 2 aromatic carbocycles. The number of aliphatic imine (C=N–C) groups is 1. The van der Waals surface area contributed by atoms with Gasteiger partial charge in [0.05, 0.1) is 12.8 Å². The highest BCUT2D eigenvalue weighted by atomic mass is 16.5. The molecule has 2 bridgehead atoms. The highest BCUT2D eigenvalue weighted by molar-refractivity contribution is 5.64. The van der Waals surface area contributed by atoms with Gasteiger partial charge < -0.3 is 14.6 Å². The van der Waals surface area contributed by atoms with Gasteiger partial charge in [0.2, 0.25) is 0 Å². The molecule has 3 atom stereocenters. The van der Waals surface area contributed by atoms with Crippen molar-refractivity contribution in [1.82, 2.24) is 4.90 Å². The largest absolute Gasteiger partial charge is 0.493 e. The first-order chi connectivity index (χ1) is 15.1. The second-order valence-electron chi connectivity index (χ2n) is 8.87. The first-order valence-corrected chi connectivity index (χ1v) is 11.4. The molecular weight excluding hydrogens is 388 g/mol. The maximum Gasteiger partial charge on any atom is 0.161 e. The number of para-hydroxylation sites is 3. The van der Waals surface area contributed by atoms with Crippen molar-refractivity contribution < 1.29 is 14.6 Å². The Morgan fingerprint density at radius 3 is 2.45 bits per heavy atom. The molecule has 0 aromatic heterocycles. The van der Waals surface area contributed by atoms with Crippen LogP contribution < -0.4 is 9.47 Å². The smallest absolute Gasteiger partial charge is 0.161 e. The lowest BCUT2D eigenvalue weighted by molar-refractivity contribution is 0.0247. The van der Waals surface area contributed by atoms with Gasteiger partial charge in [0.15, 0.2) is 11.5 Å². The minimum absolute atomic E-state index is 0.281. The molecule has 4 rings (SSSR count). The molecule has 5 nitrogen and oxygen atoms in total. The summed E-state index contributed by atoms with van der Waals surface area (Å²) < 4.78 is 11.2. The number of aliphatic hydroxyl groups is 1. The Labute approximate surface area is 185 Å². The minimum Gasteiger partial charge on any atom is -0.493 e. The Morgan fingerprint density at radius 2 is 1.74 bits per heavy atom. The Balaban J connectivity index is 1.26. The summed E-state index contributed by atoms with van der Waals surface area (Å²) in [5, 5.41) is 10.6. The lowest BCUT2D eigenvalue weighted by atomic mass is 9.88. The van der Waals surface area contributed by atoms with Crippen LogP contribution >= 0.6 is 0 Å². The number of rotatable bonds is 9. The third-order valence-corrected chi connectivity index (χ3v) is 6.69. The van der Waals surface area contributed by atoms with Crippen LogP contribution in [0, 0.1) is 12.8 Å². The van der Waals surface area contributed by atoms with Gasteiger partial charge in [-0.2, -0.15) is 0 Å². The molecule has 0 amide bonds. The van der Waals surface area contributed by atoms with Gasteiger partial charge in [0.1, 0.15) is 12.7 Å². The summed E-state index contributed by atoms with van der Waals surface area (Å²) in [5.74, 6) is 2.06. The van der Waals surface area contributed by atoms with Crippen LogP contribution in [0.15, 0.2) is 53.5 Å². The van der Waals surface area contributed by atoms with E-state index >= 15 is 0 Å². The lowest BCUT2D eigenvalue weighted by Gasteiger charge is -2.39. The van der Waals surface area contributed by atoms with Gasteiger partial charge in [-0.15, -0.1) is 0 Å². The molecule has 166 valence electrons. The topological polar surface area (TPSA) is 54.3 Å². The number of piperidine rings is 1. The van der Waals surface area contributed by atoms with E-state index in [1.54, 1.807) is 7.11 Å². The fourth-order valence-corrected chi connectivity index (χ4v) is 5.11. The second-order valence-corrected chi connectivity index (χ2v) is 8.87. The second kappa shape index (κ2) is 10.3. The number of hydrogen-bond acceptors (Lipinski definition) is 5. The van der Waals surface area contributed by atoms with Crippen molar-refractivity contribution in [3.05, 3.63) is 54.1 Å². The number of hydrogen-bond donors (Lipinski definition) is 1. The summed E-state index contributed by atoms with van der Waals surface area (Å²) in [4.78, 5) is 7.22.